The number of hydrogen-bond acceptors (Lipinski definition) is 6. The van der Waals surface area contributed by atoms with Gasteiger partial charge < -0.3 is 24.6 Å². The summed E-state index contributed by atoms with van der Waals surface area (Å²) in [5, 5.41) is 21.5. The molecule has 0 saturated carbocycles. The number of Topliss-reactive ketones (excluding diaryl/α,β-unsaturated/α-hetero) is 1. The quantitative estimate of drug-likeness (QED) is 0.267. The minimum Gasteiger partial charge on any atom is -0.508 e. The van der Waals surface area contributed by atoms with Gasteiger partial charge in [-0.3, -0.25) is 9.59 Å². The maximum absolute atomic E-state index is 13.4. The highest BCUT2D eigenvalue weighted by Gasteiger charge is 2.46. The average Bonchev–Trinajstić information content (AvgIpc) is 3.11. The van der Waals surface area contributed by atoms with Gasteiger partial charge in [-0.05, 0) is 48.7 Å². The fourth-order valence-corrected chi connectivity index (χ4v) is 4.62. The first-order valence-corrected chi connectivity index (χ1v) is 11.6. The number of aryl methyl sites for hydroxylation is 2. The molecule has 36 heavy (non-hydrogen) atoms. The van der Waals surface area contributed by atoms with E-state index >= 15 is 0 Å². The Kier molecular flexibility index (Phi) is 6.95. The van der Waals surface area contributed by atoms with Crippen LogP contribution in [0.1, 0.15) is 33.9 Å². The van der Waals surface area contributed by atoms with Crippen molar-refractivity contribution in [2.45, 2.75) is 26.4 Å². The third-order valence-corrected chi connectivity index (χ3v) is 6.62. The Balaban J connectivity index is 1.93. The van der Waals surface area contributed by atoms with E-state index < -0.39 is 23.5 Å². The highest BCUT2D eigenvalue weighted by atomic mass is 35.5. The number of hydrogen-bond donors (Lipinski definition) is 2. The molecule has 1 saturated heterocycles. The average molecular weight is 508 g/mol. The molecule has 0 spiro atoms. The lowest BCUT2D eigenvalue weighted by Crippen LogP contribution is -2.29. The van der Waals surface area contributed by atoms with Crippen molar-refractivity contribution in [1.82, 2.24) is 4.90 Å². The fraction of sp³-hybridized carbons (Fsp3) is 0.214. The molecule has 1 atom stereocenters. The second-order valence-corrected chi connectivity index (χ2v) is 9.04. The molecule has 3 aromatic carbocycles. The van der Waals surface area contributed by atoms with Crippen LogP contribution in [0.2, 0.25) is 5.02 Å². The Labute approximate surface area is 214 Å². The lowest BCUT2D eigenvalue weighted by atomic mass is 9.94. The number of benzene rings is 3. The number of ether oxygens (including phenoxy) is 2. The van der Waals surface area contributed by atoms with Crippen molar-refractivity contribution in [2.75, 3.05) is 14.2 Å². The van der Waals surface area contributed by atoms with Gasteiger partial charge in [-0.25, -0.2) is 0 Å². The molecule has 0 radical (unpaired) electrons. The Morgan fingerprint density at radius 1 is 0.972 bits per heavy atom. The zero-order chi connectivity index (χ0) is 26.1. The fourth-order valence-electron chi connectivity index (χ4n) is 4.39. The molecule has 0 bridgehead atoms. The smallest absolute Gasteiger partial charge is 0.295 e. The normalized spacial score (nSPS) is 16.9. The number of aromatic hydroxyl groups is 1. The monoisotopic (exact) mass is 507 g/mol. The standard InChI is InChI=1S/C28H26ClNO6/c1-15-5-6-16(2)18(11-15)14-30-25(17-7-9-19(31)10-8-17)24(27(33)28(30)34)26(32)20-12-23(36-4)21(29)13-22(20)35-3/h5-13,25,31-32H,14H2,1-4H3/b26-24+. The van der Waals surface area contributed by atoms with Gasteiger partial charge in [0.05, 0.1) is 36.4 Å². The maximum atomic E-state index is 13.4. The molecule has 1 fully saturated rings. The van der Waals surface area contributed by atoms with Crippen LogP contribution < -0.4 is 9.47 Å². The molecule has 4 rings (SSSR count). The van der Waals surface area contributed by atoms with E-state index in [0.29, 0.717) is 5.56 Å². The molecule has 186 valence electrons. The molecule has 0 aliphatic carbocycles. The van der Waals surface area contributed by atoms with E-state index in [1.54, 1.807) is 12.1 Å². The molecule has 1 amide bonds. The van der Waals surface area contributed by atoms with E-state index in [9.17, 15) is 19.8 Å². The van der Waals surface area contributed by atoms with Gasteiger partial charge >= 0.3 is 0 Å². The number of phenolic OH excluding ortho intramolecular Hbond substituents is 1. The van der Waals surface area contributed by atoms with Gasteiger partial charge in [0.15, 0.2) is 0 Å². The molecule has 0 aromatic heterocycles. The number of carbonyl (C=O) groups is 2. The van der Waals surface area contributed by atoms with Crippen LogP contribution in [0, 0.1) is 13.8 Å². The van der Waals surface area contributed by atoms with Crippen LogP contribution >= 0.6 is 11.6 Å². The zero-order valence-electron chi connectivity index (χ0n) is 20.3. The van der Waals surface area contributed by atoms with Gasteiger partial charge in [-0.1, -0.05) is 47.5 Å². The summed E-state index contributed by atoms with van der Waals surface area (Å²) < 4.78 is 10.7. The van der Waals surface area contributed by atoms with Gasteiger partial charge in [-0.15, -0.1) is 0 Å². The number of likely N-dealkylation sites (tertiary alicyclic amines) is 1. The second kappa shape index (κ2) is 9.95. The molecular weight excluding hydrogens is 482 g/mol. The summed E-state index contributed by atoms with van der Waals surface area (Å²) in [6.07, 6.45) is 0. The Hall–Kier alpha value is -3.97. The molecule has 7 nitrogen and oxygen atoms in total. The summed E-state index contributed by atoms with van der Waals surface area (Å²) in [5.41, 5.74) is 3.48. The first kappa shape index (κ1) is 25.1. The first-order chi connectivity index (χ1) is 17.2. The number of aliphatic hydroxyl groups is 1. The minimum absolute atomic E-state index is 0.0364. The van der Waals surface area contributed by atoms with Crippen LogP contribution in [-0.4, -0.2) is 41.0 Å². The predicted octanol–water partition coefficient (Wildman–Crippen LogP) is 5.30. The largest absolute Gasteiger partial charge is 0.508 e. The Morgan fingerprint density at radius 2 is 1.64 bits per heavy atom. The van der Waals surface area contributed by atoms with Crippen molar-refractivity contribution >= 4 is 29.1 Å². The van der Waals surface area contributed by atoms with Crippen molar-refractivity contribution in [3.63, 3.8) is 0 Å². The topological polar surface area (TPSA) is 96.3 Å². The molecule has 1 aliphatic heterocycles. The number of amides is 1. The van der Waals surface area contributed by atoms with Gasteiger partial charge in [0, 0.05) is 12.6 Å². The summed E-state index contributed by atoms with van der Waals surface area (Å²) in [4.78, 5) is 28.2. The molecule has 1 aliphatic rings. The second-order valence-electron chi connectivity index (χ2n) is 8.64. The molecule has 2 N–H and O–H groups in total. The SMILES string of the molecule is COc1cc(/C(O)=C2\C(=O)C(=O)N(Cc3cc(C)ccc3C)C2c2ccc(O)cc2)c(OC)cc1Cl. The summed E-state index contributed by atoms with van der Waals surface area (Å²) in [5.74, 6) is -1.47. The van der Waals surface area contributed by atoms with Crippen LogP contribution in [0.4, 0.5) is 0 Å². The first-order valence-electron chi connectivity index (χ1n) is 11.2. The maximum Gasteiger partial charge on any atom is 0.295 e. The van der Waals surface area contributed by atoms with Gasteiger partial charge in [0.25, 0.3) is 11.7 Å². The molecule has 8 heteroatoms. The third-order valence-electron chi connectivity index (χ3n) is 6.32. The number of phenols is 1. The van der Waals surface area contributed by atoms with Crippen molar-refractivity contribution in [3.05, 3.63) is 93.0 Å². The Morgan fingerprint density at radius 3 is 2.28 bits per heavy atom. The lowest BCUT2D eigenvalue weighted by molar-refractivity contribution is -0.140. The molecule has 3 aromatic rings. The van der Waals surface area contributed by atoms with Crippen molar-refractivity contribution in [2.24, 2.45) is 0 Å². The summed E-state index contributed by atoms with van der Waals surface area (Å²) in [6.45, 7) is 4.04. The lowest BCUT2D eigenvalue weighted by Gasteiger charge is -2.26. The van der Waals surface area contributed by atoms with Crippen molar-refractivity contribution < 1.29 is 29.3 Å². The van der Waals surface area contributed by atoms with Gasteiger partial charge in [-0.2, -0.15) is 0 Å². The van der Waals surface area contributed by atoms with E-state index in [1.165, 1.54) is 43.4 Å². The van der Waals surface area contributed by atoms with Gasteiger partial charge in [0.2, 0.25) is 0 Å². The number of carbonyl (C=O) groups excluding carboxylic acids is 2. The highest BCUT2D eigenvalue weighted by molar-refractivity contribution is 6.46. The van der Waals surface area contributed by atoms with Crippen LogP contribution in [-0.2, 0) is 16.1 Å². The van der Waals surface area contributed by atoms with E-state index in [0.717, 1.165) is 16.7 Å². The summed E-state index contributed by atoms with van der Waals surface area (Å²) in [7, 11) is 2.84. The molecule has 1 heterocycles. The van der Waals surface area contributed by atoms with Crippen molar-refractivity contribution in [1.29, 1.82) is 0 Å². The van der Waals surface area contributed by atoms with Gasteiger partial charge in [0.1, 0.15) is 23.0 Å². The predicted molar refractivity (Wildman–Crippen MR) is 136 cm³/mol. The van der Waals surface area contributed by atoms with Crippen LogP contribution in [0.5, 0.6) is 17.2 Å². The molecule has 1 unspecified atom stereocenters. The summed E-state index contributed by atoms with van der Waals surface area (Å²) >= 11 is 6.22. The number of methoxy groups -OCH3 is 2. The summed E-state index contributed by atoms with van der Waals surface area (Å²) in [6, 6.07) is 14.1. The van der Waals surface area contributed by atoms with E-state index in [2.05, 4.69) is 0 Å². The number of ketones is 1. The minimum atomic E-state index is -0.906. The van der Waals surface area contributed by atoms with E-state index in [-0.39, 0.29) is 40.0 Å². The van der Waals surface area contributed by atoms with Crippen molar-refractivity contribution in [3.8, 4) is 17.2 Å². The number of nitrogens with zero attached hydrogens (tertiary/aromatic N) is 1. The van der Waals surface area contributed by atoms with E-state index in [1.807, 2.05) is 32.0 Å². The van der Waals surface area contributed by atoms with Crippen LogP contribution in [0.3, 0.4) is 0 Å². The third kappa shape index (κ3) is 4.50. The van der Waals surface area contributed by atoms with E-state index in [4.69, 9.17) is 21.1 Å². The number of aliphatic hydroxyl groups excluding tert-OH is 1. The van der Waals surface area contributed by atoms with Crippen LogP contribution in [0.25, 0.3) is 5.76 Å². The zero-order valence-corrected chi connectivity index (χ0v) is 21.1. The molecular formula is C28H26ClNO6. The highest BCUT2D eigenvalue weighted by Crippen LogP contribution is 2.44. The van der Waals surface area contributed by atoms with Crippen LogP contribution in [0.15, 0.2) is 60.2 Å². The number of rotatable bonds is 6. The Bertz CT molecular complexity index is 1380. The number of halogens is 1.